The van der Waals surface area contributed by atoms with E-state index in [2.05, 4.69) is 135 Å². The molecule has 0 atom stereocenters. The fourth-order valence-corrected chi connectivity index (χ4v) is 7.85. The number of benzene rings is 3. The third-order valence-electron chi connectivity index (χ3n) is 9.88. The third-order valence-corrected chi connectivity index (χ3v) is 9.88. The molecule has 1 saturated heterocycles. The first-order valence-electron chi connectivity index (χ1n) is 14.9. The highest BCUT2D eigenvalue weighted by Gasteiger charge is 2.56. The van der Waals surface area contributed by atoms with Crippen LogP contribution in [-0.2, 0) is 5.41 Å². The Morgan fingerprint density at radius 2 is 1.29 bits per heavy atom. The molecule has 3 aromatic carbocycles. The maximum absolute atomic E-state index is 2.80. The minimum atomic E-state index is 0.0200. The van der Waals surface area contributed by atoms with Gasteiger partial charge in [-0.2, -0.15) is 0 Å². The number of anilines is 1. The summed E-state index contributed by atoms with van der Waals surface area (Å²) < 4.78 is 0. The molecule has 0 N–H and O–H groups in total. The van der Waals surface area contributed by atoms with Crippen molar-refractivity contribution in [3.05, 3.63) is 94.5 Å². The first-order chi connectivity index (χ1) is 17.9. The second kappa shape index (κ2) is 9.29. The summed E-state index contributed by atoms with van der Waals surface area (Å²) in [5.74, 6) is 0.929. The van der Waals surface area contributed by atoms with Gasteiger partial charge in [0.25, 0.3) is 0 Å². The van der Waals surface area contributed by atoms with Crippen LogP contribution in [0.2, 0.25) is 0 Å². The van der Waals surface area contributed by atoms with Crippen LogP contribution in [0.5, 0.6) is 0 Å². The molecule has 1 heterocycles. The summed E-state index contributed by atoms with van der Waals surface area (Å²) in [6, 6.07) is 25.0. The van der Waals surface area contributed by atoms with Crippen molar-refractivity contribution in [1.82, 2.24) is 0 Å². The normalized spacial score (nSPS) is 19.3. The number of fused-ring (bicyclic) bond motifs is 3. The summed E-state index contributed by atoms with van der Waals surface area (Å²) in [7, 11) is 0. The fourth-order valence-electron chi connectivity index (χ4n) is 7.85. The van der Waals surface area contributed by atoms with Gasteiger partial charge < -0.3 is 4.90 Å². The van der Waals surface area contributed by atoms with E-state index in [0.29, 0.717) is 11.8 Å². The standard InChI is InChI=1S/C37H48N/c1-11-37(12-2)23-35(7,8)38(33-27(24(3)4)17-15-18-28(33)25(5)6)34(37)26-20-21-32-30(22-26)29-16-13-14-19-31(29)36(32,9)10/h13-22,24-25H,11-12,23H2,1-10H3. The molecule has 1 aliphatic carbocycles. The van der Waals surface area contributed by atoms with Crippen molar-refractivity contribution < 1.29 is 0 Å². The second-order valence-corrected chi connectivity index (χ2v) is 13.7. The predicted octanol–water partition coefficient (Wildman–Crippen LogP) is 10.6. The molecule has 201 valence electrons. The van der Waals surface area contributed by atoms with Gasteiger partial charge in [0.15, 0.2) is 0 Å². The third kappa shape index (κ3) is 3.87. The molecule has 0 unspecified atom stereocenters. The Balaban J connectivity index is 1.79. The highest BCUT2D eigenvalue weighted by Crippen LogP contribution is 2.61. The summed E-state index contributed by atoms with van der Waals surface area (Å²) in [5.41, 5.74) is 11.7. The van der Waals surface area contributed by atoms with Gasteiger partial charge in [0.1, 0.15) is 0 Å². The number of rotatable bonds is 6. The van der Waals surface area contributed by atoms with E-state index in [9.17, 15) is 0 Å². The molecule has 1 radical (unpaired) electrons. The Bertz CT molecular complexity index is 1310. The molecule has 0 bridgehead atoms. The minimum absolute atomic E-state index is 0.0200. The molecule has 0 spiro atoms. The molecule has 1 heteroatoms. The Morgan fingerprint density at radius 1 is 0.711 bits per heavy atom. The van der Waals surface area contributed by atoms with Crippen LogP contribution >= 0.6 is 0 Å². The van der Waals surface area contributed by atoms with Crippen molar-refractivity contribution in [2.45, 2.75) is 111 Å². The first-order valence-corrected chi connectivity index (χ1v) is 14.9. The van der Waals surface area contributed by atoms with Crippen LogP contribution < -0.4 is 4.90 Å². The van der Waals surface area contributed by atoms with Crippen LogP contribution in [0.4, 0.5) is 5.69 Å². The highest BCUT2D eigenvalue weighted by molar-refractivity contribution is 5.82. The monoisotopic (exact) mass is 506 g/mol. The Morgan fingerprint density at radius 3 is 1.87 bits per heavy atom. The molecule has 3 aromatic rings. The number of para-hydroxylation sites is 1. The quantitative estimate of drug-likeness (QED) is 0.321. The smallest absolute Gasteiger partial charge is 0.0995 e. The summed E-state index contributed by atoms with van der Waals surface area (Å²) in [6.45, 7) is 24.0. The van der Waals surface area contributed by atoms with Crippen molar-refractivity contribution in [2.24, 2.45) is 5.41 Å². The van der Waals surface area contributed by atoms with Crippen LogP contribution in [0.25, 0.3) is 11.1 Å². The zero-order valence-electron chi connectivity index (χ0n) is 25.5. The molecule has 1 fully saturated rings. The zero-order valence-corrected chi connectivity index (χ0v) is 25.5. The van der Waals surface area contributed by atoms with Crippen LogP contribution in [-0.4, -0.2) is 5.54 Å². The average molecular weight is 507 g/mol. The molecule has 38 heavy (non-hydrogen) atoms. The lowest BCUT2D eigenvalue weighted by Gasteiger charge is -2.43. The van der Waals surface area contributed by atoms with Crippen LogP contribution in [0.1, 0.15) is 128 Å². The summed E-state index contributed by atoms with van der Waals surface area (Å²) in [6.07, 6.45) is 3.48. The van der Waals surface area contributed by atoms with Gasteiger partial charge in [0.2, 0.25) is 0 Å². The van der Waals surface area contributed by atoms with Gasteiger partial charge in [-0.25, -0.2) is 0 Å². The van der Waals surface area contributed by atoms with E-state index in [4.69, 9.17) is 0 Å². The maximum atomic E-state index is 2.80. The molecular formula is C37H48N. The Kier molecular flexibility index (Phi) is 6.61. The Labute approximate surface area is 232 Å². The molecular weight excluding hydrogens is 458 g/mol. The molecule has 0 aromatic heterocycles. The summed E-state index contributed by atoms with van der Waals surface area (Å²) >= 11 is 0. The zero-order chi connectivity index (χ0) is 27.6. The van der Waals surface area contributed by atoms with E-state index in [1.165, 1.54) is 57.1 Å². The van der Waals surface area contributed by atoms with Gasteiger partial charge in [-0.15, -0.1) is 0 Å². The van der Waals surface area contributed by atoms with Gasteiger partial charge >= 0.3 is 0 Å². The lowest BCUT2D eigenvalue weighted by atomic mass is 9.71. The first kappa shape index (κ1) is 27.0. The molecule has 0 amide bonds. The fraction of sp³-hybridized carbons (Fsp3) is 0.486. The minimum Gasteiger partial charge on any atom is -0.353 e. The molecule has 5 rings (SSSR count). The SMILES string of the molecule is CCC1(CC)CC(C)(C)N(c2c(C(C)C)cccc2C(C)C)[C]1c1ccc2c(c1)-c1ccccc1C2(C)C. The predicted molar refractivity (Wildman–Crippen MR) is 165 cm³/mol. The van der Waals surface area contributed by atoms with Gasteiger partial charge in [0, 0.05) is 22.1 Å². The number of nitrogens with zero attached hydrogens (tertiary/aromatic N) is 1. The highest BCUT2D eigenvalue weighted by atomic mass is 15.3. The topological polar surface area (TPSA) is 3.24 Å². The maximum Gasteiger partial charge on any atom is 0.0995 e. The Hall–Kier alpha value is -2.54. The van der Waals surface area contributed by atoms with Crippen molar-refractivity contribution in [2.75, 3.05) is 4.90 Å². The van der Waals surface area contributed by atoms with Crippen LogP contribution in [0.3, 0.4) is 0 Å². The van der Waals surface area contributed by atoms with E-state index in [1.54, 1.807) is 0 Å². The summed E-state index contributed by atoms with van der Waals surface area (Å²) in [4.78, 5) is 2.80. The van der Waals surface area contributed by atoms with E-state index in [0.717, 1.165) is 12.8 Å². The van der Waals surface area contributed by atoms with Gasteiger partial charge in [0.05, 0.1) is 6.04 Å². The van der Waals surface area contributed by atoms with Gasteiger partial charge in [-0.05, 0) is 90.0 Å². The largest absolute Gasteiger partial charge is 0.353 e. The van der Waals surface area contributed by atoms with Crippen molar-refractivity contribution in [1.29, 1.82) is 0 Å². The molecule has 0 saturated carbocycles. The van der Waals surface area contributed by atoms with E-state index < -0.39 is 0 Å². The lowest BCUT2D eigenvalue weighted by molar-refractivity contribution is 0.284. The number of hydrogen-bond acceptors (Lipinski definition) is 1. The van der Waals surface area contributed by atoms with Crippen LogP contribution in [0, 0.1) is 11.5 Å². The second-order valence-electron chi connectivity index (χ2n) is 13.7. The van der Waals surface area contributed by atoms with E-state index >= 15 is 0 Å². The van der Waals surface area contributed by atoms with Crippen molar-refractivity contribution >= 4 is 5.69 Å². The average Bonchev–Trinajstić information content (AvgIpc) is 3.27. The van der Waals surface area contributed by atoms with E-state index in [1.807, 2.05) is 0 Å². The summed E-state index contributed by atoms with van der Waals surface area (Å²) in [5, 5.41) is 0. The van der Waals surface area contributed by atoms with Gasteiger partial charge in [-0.1, -0.05) is 110 Å². The molecule has 1 nitrogen and oxygen atoms in total. The molecule has 1 aliphatic heterocycles. The lowest BCUT2D eigenvalue weighted by Crippen LogP contribution is -2.42. The van der Waals surface area contributed by atoms with Crippen molar-refractivity contribution in [3.8, 4) is 11.1 Å². The molecule has 2 aliphatic rings. The number of hydrogen-bond donors (Lipinski definition) is 0. The van der Waals surface area contributed by atoms with E-state index in [-0.39, 0.29) is 16.4 Å². The van der Waals surface area contributed by atoms with Gasteiger partial charge in [-0.3, -0.25) is 0 Å². The van der Waals surface area contributed by atoms with Crippen molar-refractivity contribution in [3.63, 3.8) is 0 Å². The van der Waals surface area contributed by atoms with Crippen LogP contribution in [0.15, 0.2) is 60.7 Å².